The lowest BCUT2D eigenvalue weighted by Crippen LogP contribution is -2.29. The topological polar surface area (TPSA) is 12.0 Å². The molecular formula is C12H14F3N. The van der Waals surface area contributed by atoms with Gasteiger partial charge < -0.3 is 5.32 Å². The SMILES string of the molecule is Fc1ccc(C(F)C2CCNCC2)cc1F. The van der Waals surface area contributed by atoms with E-state index in [0.29, 0.717) is 0 Å². The van der Waals surface area contributed by atoms with Crippen LogP contribution in [0.4, 0.5) is 13.2 Å². The Bertz CT molecular complexity index is 361. The van der Waals surface area contributed by atoms with Crippen molar-refractivity contribution in [2.75, 3.05) is 13.1 Å². The van der Waals surface area contributed by atoms with Crippen molar-refractivity contribution in [2.45, 2.75) is 19.0 Å². The normalized spacial score (nSPS) is 19.7. The molecule has 0 spiro atoms. The average Bonchev–Trinajstić information content (AvgIpc) is 2.33. The maximum atomic E-state index is 14.0. The molecule has 0 bridgehead atoms. The number of benzene rings is 1. The van der Waals surface area contributed by atoms with E-state index in [1.54, 1.807) is 0 Å². The molecule has 1 aromatic carbocycles. The molecule has 0 radical (unpaired) electrons. The zero-order valence-electron chi connectivity index (χ0n) is 8.85. The van der Waals surface area contributed by atoms with E-state index in [1.165, 1.54) is 6.07 Å². The molecule has 2 rings (SSSR count). The van der Waals surface area contributed by atoms with E-state index in [9.17, 15) is 13.2 Å². The molecule has 1 heterocycles. The van der Waals surface area contributed by atoms with E-state index < -0.39 is 17.8 Å². The molecule has 1 N–H and O–H groups in total. The fourth-order valence-corrected chi connectivity index (χ4v) is 2.09. The number of hydrogen-bond acceptors (Lipinski definition) is 1. The Labute approximate surface area is 92.7 Å². The van der Waals surface area contributed by atoms with Crippen molar-refractivity contribution >= 4 is 0 Å². The number of alkyl halides is 1. The molecule has 0 amide bonds. The molecule has 1 unspecified atom stereocenters. The number of rotatable bonds is 2. The first kappa shape index (κ1) is 11.5. The largest absolute Gasteiger partial charge is 0.317 e. The maximum Gasteiger partial charge on any atom is 0.159 e. The Kier molecular flexibility index (Phi) is 3.49. The Morgan fingerprint density at radius 3 is 2.44 bits per heavy atom. The van der Waals surface area contributed by atoms with Gasteiger partial charge in [-0.3, -0.25) is 0 Å². The van der Waals surface area contributed by atoms with Crippen LogP contribution in [-0.2, 0) is 0 Å². The zero-order chi connectivity index (χ0) is 11.5. The molecular weight excluding hydrogens is 215 g/mol. The Balaban J connectivity index is 2.12. The molecule has 88 valence electrons. The van der Waals surface area contributed by atoms with Crippen molar-refractivity contribution in [2.24, 2.45) is 5.92 Å². The molecule has 0 aliphatic carbocycles. The maximum absolute atomic E-state index is 14.0. The van der Waals surface area contributed by atoms with Crippen molar-refractivity contribution in [1.29, 1.82) is 0 Å². The van der Waals surface area contributed by atoms with Crippen LogP contribution >= 0.6 is 0 Å². The van der Waals surface area contributed by atoms with Gasteiger partial charge in [0.2, 0.25) is 0 Å². The molecule has 1 aliphatic rings. The second kappa shape index (κ2) is 4.87. The molecule has 1 nitrogen and oxygen atoms in total. The van der Waals surface area contributed by atoms with Gasteiger partial charge in [-0.05, 0) is 49.5 Å². The van der Waals surface area contributed by atoms with Gasteiger partial charge in [0.15, 0.2) is 11.6 Å². The van der Waals surface area contributed by atoms with Gasteiger partial charge >= 0.3 is 0 Å². The summed E-state index contributed by atoms with van der Waals surface area (Å²) < 4.78 is 39.7. The van der Waals surface area contributed by atoms with Gasteiger partial charge in [-0.1, -0.05) is 6.07 Å². The van der Waals surface area contributed by atoms with Crippen LogP contribution in [0.15, 0.2) is 18.2 Å². The molecule has 1 aromatic rings. The first-order valence-electron chi connectivity index (χ1n) is 5.48. The fourth-order valence-electron chi connectivity index (χ4n) is 2.09. The second-order valence-electron chi connectivity index (χ2n) is 4.16. The van der Waals surface area contributed by atoms with E-state index in [2.05, 4.69) is 5.32 Å². The van der Waals surface area contributed by atoms with Gasteiger partial charge in [0.25, 0.3) is 0 Å². The lowest BCUT2D eigenvalue weighted by molar-refractivity contribution is 0.190. The molecule has 1 fully saturated rings. The van der Waals surface area contributed by atoms with Crippen LogP contribution < -0.4 is 5.32 Å². The minimum Gasteiger partial charge on any atom is -0.317 e. The zero-order valence-corrected chi connectivity index (χ0v) is 8.85. The first-order valence-corrected chi connectivity index (χ1v) is 5.48. The van der Waals surface area contributed by atoms with E-state index in [0.717, 1.165) is 38.1 Å². The van der Waals surface area contributed by atoms with Crippen LogP contribution in [0, 0.1) is 17.6 Å². The first-order chi connectivity index (χ1) is 7.68. The third-order valence-corrected chi connectivity index (χ3v) is 3.06. The summed E-state index contributed by atoms with van der Waals surface area (Å²) in [6.45, 7) is 1.57. The van der Waals surface area contributed by atoms with Crippen molar-refractivity contribution in [3.05, 3.63) is 35.4 Å². The standard InChI is InChI=1S/C12H14F3N/c13-10-2-1-9(7-11(10)14)12(15)8-3-5-16-6-4-8/h1-2,7-8,12,16H,3-6H2. The summed E-state index contributed by atoms with van der Waals surface area (Å²) in [6.07, 6.45) is 0.276. The monoisotopic (exact) mass is 229 g/mol. The average molecular weight is 229 g/mol. The lowest BCUT2D eigenvalue weighted by atomic mass is 9.89. The minimum absolute atomic E-state index is 0.0916. The number of hydrogen-bond donors (Lipinski definition) is 1. The lowest BCUT2D eigenvalue weighted by Gasteiger charge is -2.25. The van der Waals surface area contributed by atoms with E-state index >= 15 is 0 Å². The van der Waals surface area contributed by atoms with Crippen LogP contribution in [-0.4, -0.2) is 13.1 Å². The summed E-state index contributed by atoms with van der Waals surface area (Å²) in [5.41, 5.74) is 0.241. The molecule has 1 saturated heterocycles. The van der Waals surface area contributed by atoms with Crippen molar-refractivity contribution < 1.29 is 13.2 Å². The van der Waals surface area contributed by atoms with E-state index in [1.807, 2.05) is 0 Å². The predicted molar refractivity (Wildman–Crippen MR) is 55.8 cm³/mol. The number of halogens is 3. The van der Waals surface area contributed by atoms with Crippen LogP contribution in [0.25, 0.3) is 0 Å². The number of nitrogens with one attached hydrogen (secondary N) is 1. The predicted octanol–water partition coefficient (Wildman–Crippen LogP) is 2.98. The Hall–Kier alpha value is -1.03. The highest BCUT2D eigenvalue weighted by molar-refractivity contribution is 5.20. The molecule has 4 heteroatoms. The molecule has 1 aliphatic heterocycles. The quantitative estimate of drug-likeness (QED) is 0.822. The van der Waals surface area contributed by atoms with Gasteiger partial charge in [-0.15, -0.1) is 0 Å². The van der Waals surface area contributed by atoms with Gasteiger partial charge in [-0.25, -0.2) is 13.2 Å². The van der Waals surface area contributed by atoms with Crippen molar-refractivity contribution in [3.63, 3.8) is 0 Å². The molecule has 0 aromatic heterocycles. The Morgan fingerprint density at radius 1 is 1.12 bits per heavy atom. The Morgan fingerprint density at radius 2 is 1.81 bits per heavy atom. The van der Waals surface area contributed by atoms with Crippen LogP contribution in [0.1, 0.15) is 24.6 Å². The summed E-state index contributed by atoms with van der Waals surface area (Å²) in [7, 11) is 0. The van der Waals surface area contributed by atoms with Crippen LogP contribution in [0.5, 0.6) is 0 Å². The summed E-state index contributed by atoms with van der Waals surface area (Å²) in [5.74, 6) is -2.00. The summed E-state index contributed by atoms with van der Waals surface area (Å²) in [6, 6.07) is 3.27. The van der Waals surface area contributed by atoms with Gasteiger partial charge in [-0.2, -0.15) is 0 Å². The van der Waals surface area contributed by atoms with Crippen LogP contribution in [0.2, 0.25) is 0 Å². The minimum atomic E-state index is -1.20. The van der Waals surface area contributed by atoms with Crippen molar-refractivity contribution in [1.82, 2.24) is 5.32 Å². The highest BCUT2D eigenvalue weighted by Crippen LogP contribution is 2.32. The van der Waals surface area contributed by atoms with Crippen LogP contribution in [0.3, 0.4) is 0 Å². The highest BCUT2D eigenvalue weighted by Gasteiger charge is 2.25. The number of piperidine rings is 1. The summed E-state index contributed by atoms with van der Waals surface area (Å²) in [4.78, 5) is 0. The van der Waals surface area contributed by atoms with Crippen molar-refractivity contribution in [3.8, 4) is 0 Å². The molecule has 16 heavy (non-hydrogen) atoms. The van der Waals surface area contributed by atoms with Gasteiger partial charge in [0.05, 0.1) is 0 Å². The second-order valence-corrected chi connectivity index (χ2v) is 4.16. The summed E-state index contributed by atoms with van der Waals surface area (Å²) in [5, 5.41) is 3.14. The third kappa shape index (κ3) is 2.38. The summed E-state index contributed by atoms with van der Waals surface area (Å²) >= 11 is 0. The molecule has 1 atom stereocenters. The van der Waals surface area contributed by atoms with Gasteiger partial charge in [0.1, 0.15) is 6.17 Å². The molecule has 0 saturated carbocycles. The smallest absolute Gasteiger partial charge is 0.159 e. The van der Waals surface area contributed by atoms with Gasteiger partial charge in [0, 0.05) is 0 Å². The van der Waals surface area contributed by atoms with E-state index in [-0.39, 0.29) is 11.5 Å². The third-order valence-electron chi connectivity index (χ3n) is 3.06. The van der Waals surface area contributed by atoms with E-state index in [4.69, 9.17) is 0 Å². The highest BCUT2D eigenvalue weighted by atomic mass is 19.2. The fraction of sp³-hybridized carbons (Fsp3) is 0.500.